The summed E-state index contributed by atoms with van der Waals surface area (Å²) in [6.45, 7) is 0. The Labute approximate surface area is 214 Å². The van der Waals surface area contributed by atoms with Gasteiger partial charge < -0.3 is 5.32 Å². The van der Waals surface area contributed by atoms with E-state index in [0.717, 1.165) is 6.07 Å². The fraction of sp³-hybridized carbons (Fsp3) is 0.167. The first kappa shape index (κ1) is 24.3. The standard InChI is InChI=1S/C24H15Cl5FNO2/c25-15-6-14(7-16(26)10-15)21-22(24(21,28)29)23(33)31-18-3-1-2-13(8-18)20(32)9-12-4-5-17(30)11-19(12)27/h1-8,10-11,21-22H,9H2,(H,31,33). The molecule has 170 valence electrons. The van der Waals surface area contributed by atoms with Crippen molar-refractivity contribution in [3.8, 4) is 0 Å². The molecule has 0 aromatic heterocycles. The number of Topliss-reactive ketones (excluding diaryl/α,β-unsaturated/α-hetero) is 1. The number of carbonyl (C=O) groups excluding carboxylic acids is 2. The number of rotatable bonds is 6. The Hall–Kier alpha value is -1.82. The second kappa shape index (κ2) is 9.44. The van der Waals surface area contributed by atoms with Gasteiger partial charge in [0.2, 0.25) is 5.91 Å². The highest BCUT2D eigenvalue weighted by molar-refractivity contribution is 6.53. The summed E-state index contributed by atoms with van der Waals surface area (Å²) in [4.78, 5) is 25.6. The molecule has 0 spiro atoms. The van der Waals surface area contributed by atoms with E-state index in [-0.39, 0.29) is 17.2 Å². The van der Waals surface area contributed by atoms with Crippen LogP contribution in [-0.4, -0.2) is 16.0 Å². The van der Waals surface area contributed by atoms with Gasteiger partial charge in [0.25, 0.3) is 0 Å². The van der Waals surface area contributed by atoms with E-state index < -0.39 is 27.9 Å². The number of hydrogen-bond acceptors (Lipinski definition) is 2. The topological polar surface area (TPSA) is 46.2 Å². The molecule has 1 aliphatic rings. The summed E-state index contributed by atoms with van der Waals surface area (Å²) in [7, 11) is 0. The van der Waals surface area contributed by atoms with E-state index in [0.29, 0.717) is 32.4 Å². The fourth-order valence-electron chi connectivity index (χ4n) is 3.75. The van der Waals surface area contributed by atoms with Crippen LogP contribution in [0, 0.1) is 11.7 Å². The minimum atomic E-state index is -1.31. The zero-order valence-electron chi connectivity index (χ0n) is 16.7. The number of alkyl halides is 2. The first-order valence-corrected chi connectivity index (χ1v) is 11.7. The quantitative estimate of drug-likeness (QED) is 0.254. The lowest BCUT2D eigenvalue weighted by molar-refractivity contribution is -0.117. The van der Waals surface area contributed by atoms with Gasteiger partial charge in [0.1, 0.15) is 10.2 Å². The van der Waals surface area contributed by atoms with E-state index in [1.54, 1.807) is 42.5 Å². The predicted molar refractivity (Wildman–Crippen MR) is 132 cm³/mol. The smallest absolute Gasteiger partial charge is 0.231 e. The summed E-state index contributed by atoms with van der Waals surface area (Å²) < 4.78 is 11.9. The Morgan fingerprint density at radius 1 is 0.939 bits per heavy atom. The zero-order valence-corrected chi connectivity index (χ0v) is 20.5. The van der Waals surface area contributed by atoms with Crippen molar-refractivity contribution < 1.29 is 14.0 Å². The maximum atomic E-state index is 13.2. The van der Waals surface area contributed by atoms with Gasteiger partial charge in [-0.3, -0.25) is 9.59 Å². The van der Waals surface area contributed by atoms with Crippen LogP contribution in [0.3, 0.4) is 0 Å². The Morgan fingerprint density at radius 3 is 2.30 bits per heavy atom. The van der Waals surface area contributed by atoms with Crippen LogP contribution in [0.4, 0.5) is 10.1 Å². The van der Waals surface area contributed by atoms with E-state index in [4.69, 9.17) is 58.0 Å². The van der Waals surface area contributed by atoms with E-state index >= 15 is 0 Å². The molecule has 3 aromatic rings. The molecule has 2 atom stereocenters. The van der Waals surface area contributed by atoms with E-state index in [1.807, 2.05) is 0 Å². The van der Waals surface area contributed by atoms with Crippen LogP contribution in [0.2, 0.25) is 15.1 Å². The third-order valence-electron chi connectivity index (χ3n) is 5.40. The number of hydrogen-bond donors (Lipinski definition) is 1. The maximum absolute atomic E-state index is 13.2. The maximum Gasteiger partial charge on any atom is 0.231 e. The second-order valence-corrected chi connectivity index (χ2v) is 10.5. The SMILES string of the molecule is O=C(Cc1ccc(F)cc1Cl)c1cccc(NC(=O)C2C(c3cc(Cl)cc(Cl)c3)C2(Cl)Cl)c1. The lowest BCUT2D eigenvalue weighted by Gasteiger charge is -2.08. The van der Waals surface area contributed by atoms with Crippen molar-refractivity contribution in [3.05, 3.63) is 98.2 Å². The largest absolute Gasteiger partial charge is 0.326 e. The average molecular weight is 546 g/mol. The highest BCUT2D eigenvalue weighted by Crippen LogP contribution is 2.65. The molecule has 0 heterocycles. The lowest BCUT2D eigenvalue weighted by Crippen LogP contribution is -2.17. The van der Waals surface area contributed by atoms with E-state index in [1.165, 1.54) is 12.1 Å². The van der Waals surface area contributed by atoms with Crippen molar-refractivity contribution in [3.63, 3.8) is 0 Å². The molecule has 33 heavy (non-hydrogen) atoms. The molecule has 0 bridgehead atoms. The molecule has 0 saturated heterocycles. The molecule has 0 radical (unpaired) electrons. The second-order valence-electron chi connectivity index (χ2n) is 7.74. The molecular weight excluding hydrogens is 531 g/mol. The fourth-order valence-corrected chi connectivity index (χ4v) is 5.36. The van der Waals surface area contributed by atoms with Crippen LogP contribution < -0.4 is 5.32 Å². The molecule has 1 N–H and O–H groups in total. The van der Waals surface area contributed by atoms with Crippen LogP contribution >= 0.6 is 58.0 Å². The molecule has 0 aliphatic heterocycles. The van der Waals surface area contributed by atoms with Crippen LogP contribution in [-0.2, 0) is 11.2 Å². The summed E-state index contributed by atoms with van der Waals surface area (Å²) in [5, 5.41) is 3.77. The highest BCUT2D eigenvalue weighted by Gasteiger charge is 2.67. The first-order chi connectivity index (χ1) is 15.6. The number of anilines is 1. The van der Waals surface area contributed by atoms with Crippen molar-refractivity contribution in [2.45, 2.75) is 16.7 Å². The van der Waals surface area contributed by atoms with E-state index in [2.05, 4.69) is 5.32 Å². The highest BCUT2D eigenvalue weighted by atomic mass is 35.5. The molecule has 3 nitrogen and oxygen atoms in total. The zero-order chi connectivity index (χ0) is 23.9. The van der Waals surface area contributed by atoms with Crippen molar-refractivity contribution in [1.29, 1.82) is 0 Å². The number of nitrogens with one attached hydrogen (secondary N) is 1. The van der Waals surface area contributed by atoms with Crippen molar-refractivity contribution >= 4 is 75.4 Å². The van der Waals surface area contributed by atoms with Gasteiger partial charge in [-0.05, 0) is 53.6 Å². The number of benzene rings is 3. The van der Waals surface area contributed by atoms with Gasteiger partial charge in [0.15, 0.2) is 5.78 Å². The summed E-state index contributed by atoms with van der Waals surface area (Å²) in [6.07, 6.45) is -0.0107. The molecule has 4 rings (SSSR count). The Bertz CT molecular complexity index is 1240. The summed E-state index contributed by atoms with van der Waals surface area (Å²) in [5.74, 6) is -2.32. The number of amides is 1. The molecule has 9 heteroatoms. The van der Waals surface area contributed by atoms with Crippen LogP contribution in [0.25, 0.3) is 0 Å². The first-order valence-electron chi connectivity index (χ1n) is 9.78. The Morgan fingerprint density at radius 2 is 1.64 bits per heavy atom. The number of ketones is 1. The minimum absolute atomic E-state index is 0.0107. The predicted octanol–water partition coefficient (Wildman–Crippen LogP) is 7.74. The minimum Gasteiger partial charge on any atom is -0.326 e. The van der Waals surface area contributed by atoms with Gasteiger partial charge in [-0.15, -0.1) is 23.2 Å². The number of halogens is 6. The molecule has 1 aliphatic carbocycles. The summed E-state index contributed by atoms with van der Waals surface area (Å²) in [6, 6.07) is 15.3. The van der Waals surface area contributed by atoms with Crippen molar-refractivity contribution in [1.82, 2.24) is 0 Å². The Kier molecular flexibility index (Phi) is 6.95. The van der Waals surface area contributed by atoms with Crippen molar-refractivity contribution in [2.24, 2.45) is 5.92 Å². The third-order valence-corrected chi connectivity index (χ3v) is 7.13. The molecular formula is C24H15Cl5FNO2. The van der Waals surface area contributed by atoms with Gasteiger partial charge in [-0.1, -0.05) is 53.0 Å². The van der Waals surface area contributed by atoms with Crippen LogP contribution in [0.5, 0.6) is 0 Å². The third kappa shape index (κ3) is 5.31. The van der Waals surface area contributed by atoms with E-state index in [9.17, 15) is 14.0 Å². The normalized spacial score (nSPS) is 18.6. The summed E-state index contributed by atoms with van der Waals surface area (Å²) in [5.41, 5.74) is 1.95. The van der Waals surface area contributed by atoms with Gasteiger partial charge in [-0.25, -0.2) is 4.39 Å². The van der Waals surface area contributed by atoms with Gasteiger partial charge in [0.05, 0.1) is 5.92 Å². The lowest BCUT2D eigenvalue weighted by atomic mass is 10.0. The van der Waals surface area contributed by atoms with Gasteiger partial charge in [0, 0.05) is 38.7 Å². The average Bonchev–Trinajstić information content (AvgIpc) is 3.31. The summed E-state index contributed by atoms with van der Waals surface area (Å²) >= 11 is 30.9. The Balaban J connectivity index is 1.48. The number of carbonyl (C=O) groups is 2. The molecule has 2 unspecified atom stereocenters. The van der Waals surface area contributed by atoms with Gasteiger partial charge in [-0.2, -0.15) is 0 Å². The van der Waals surface area contributed by atoms with Crippen LogP contribution in [0.15, 0.2) is 60.7 Å². The molecule has 1 amide bonds. The van der Waals surface area contributed by atoms with Crippen LogP contribution in [0.1, 0.15) is 27.4 Å². The van der Waals surface area contributed by atoms with Crippen molar-refractivity contribution in [2.75, 3.05) is 5.32 Å². The van der Waals surface area contributed by atoms with Gasteiger partial charge >= 0.3 is 0 Å². The molecule has 1 fully saturated rings. The monoisotopic (exact) mass is 543 g/mol. The molecule has 1 saturated carbocycles. The molecule has 3 aromatic carbocycles.